The third-order valence-electron chi connectivity index (χ3n) is 3.24. The molecule has 120 valence electrons. The molecule has 0 heterocycles. The summed E-state index contributed by atoms with van der Waals surface area (Å²) in [5.41, 5.74) is 1.17. The average molecular weight is 293 g/mol. The Hall–Kier alpha value is -0.900. The molecular formula is C18H31NO2. The molecule has 0 aliphatic carbocycles. The average Bonchev–Trinajstić information content (AvgIpc) is 2.44. The van der Waals surface area contributed by atoms with Gasteiger partial charge < -0.3 is 14.8 Å². The van der Waals surface area contributed by atoms with Gasteiger partial charge in [-0.3, -0.25) is 0 Å². The van der Waals surface area contributed by atoms with Crippen LogP contribution in [0.1, 0.15) is 52.6 Å². The molecule has 3 nitrogen and oxygen atoms in total. The highest BCUT2D eigenvalue weighted by molar-refractivity contribution is 5.19. The van der Waals surface area contributed by atoms with Crippen molar-refractivity contribution >= 4 is 0 Å². The van der Waals surface area contributed by atoms with Gasteiger partial charge in [-0.05, 0) is 46.2 Å². The molecule has 0 saturated carbocycles. The summed E-state index contributed by atoms with van der Waals surface area (Å²) in [4.78, 5) is 0. The molecule has 1 aromatic rings. The zero-order chi connectivity index (χ0) is 15.7. The highest BCUT2D eigenvalue weighted by Gasteiger charge is 2.19. The van der Waals surface area contributed by atoms with Crippen LogP contribution in [0, 0.1) is 0 Å². The third kappa shape index (κ3) is 7.60. The van der Waals surface area contributed by atoms with Crippen molar-refractivity contribution in [2.45, 2.75) is 58.8 Å². The fraction of sp³-hybridized carbons (Fsp3) is 0.667. The maximum Gasteiger partial charge on any atom is 0.0742 e. The minimum Gasteiger partial charge on any atom is -0.374 e. The minimum atomic E-state index is -0.105. The van der Waals surface area contributed by atoms with Crippen molar-refractivity contribution in [2.75, 3.05) is 19.8 Å². The van der Waals surface area contributed by atoms with Gasteiger partial charge in [-0.1, -0.05) is 37.3 Å². The van der Waals surface area contributed by atoms with E-state index in [2.05, 4.69) is 64.2 Å². The summed E-state index contributed by atoms with van der Waals surface area (Å²) in [6.45, 7) is 12.7. The monoisotopic (exact) mass is 293 g/mol. The topological polar surface area (TPSA) is 30.5 Å². The lowest BCUT2D eigenvalue weighted by Crippen LogP contribution is -2.33. The fourth-order valence-electron chi connectivity index (χ4n) is 2.19. The zero-order valence-corrected chi connectivity index (χ0v) is 14.2. The van der Waals surface area contributed by atoms with E-state index in [1.54, 1.807) is 0 Å². The first kappa shape index (κ1) is 18.1. The Labute approximate surface area is 130 Å². The molecule has 0 radical (unpaired) electrons. The molecule has 0 spiro atoms. The molecule has 1 rings (SSSR count). The molecule has 0 fully saturated rings. The van der Waals surface area contributed by atoms with E-state index >= 15 is 0 Å². The van der Waals surface area contributed by atoms with Crippen LogP contribution in [0.5, 0.6) is 0 Å². The van der Waals surface area contributed by atoms with Gasteiger partial charge in [0.1, 0.15) is 0 Å². The van der Waals surface area contributed by atoms with Crippen LogP contribution < -0.4 is 5.32 Å². The van der Waals surface area contributed by atoms with E-state index in [1.807, 2.05) is 6.07 Å². The first-order chi connectivity index (χ1) is 9.94. The van der Waals surface area contributed by atoms with Crippen LogP contribution in [0.4, 0.5) is 0 Å². The molecule has 0 aliphatic heterocycles. The van der Waals surface area contributed by atoms with Crippen molar-refractivity contribution < 1.29 is 9.47 Å². The van der Waals surface area contributed by atoms with Crippen LogP contribution in [0.2, 0.25) is 0 Å². The van der Waals surface area contributed by atoms with Gasteiger partial charge in [-0.25, -0.2) is 0 Å². The summed E-state index contributed by atoms with van der Waals surface area (Å²) in [6, 6.07) is 10.7. The molecule has 0 saturated heterocycles. The molecule has 21 heavy (non-hydrogen) atoms. The highest BCUT2D eigenvalue weighted by Crippen LogP contribution is 2.19. The van der Waals surface area contributed by atoms with E-state index in [-0.39, 0.29) is 17.7 Å². The molecule has 0 bridgehead atoms. The van der Waals surface area contributed by atoms with Crippen LogP contribution in [0.25, 0.3) is 0 Å². The molecular weight excluding hydrogens is 262 g/mol. The van der Waals surface area contributed by atoms with Gasteiger partial charge in [-0.15, -0.1) is 0 Å². The second kappa shape index (κ2) is 9.19. The smallest absolute Gasteiger partial charge is 0.0742 e. The molecule has 1 N–H and O–H groups in total. The molecule has 0 aromatic heterocycles. The van der Waals surface area contributed by atoms with E-state index in [0.717, 1.165) is 13.0 Å². The number of hydrogen-bond acceptors (Lipinski definition) is 3. The van der Waals surface area contributed by atoms with Gasteiger partial charge in [0, 0.05) is 0 Å². The summed E-state index contributed by atoms with van der Waals surface area (Å²) in [5.74, 6) is 0. The number of benzene rings is 1. The molecule has 1 aromatic carbocycles. The van der Waals surface area contributed by atoms with Crippen molar-refractivity contribution in [1.29, 1.82) is 0 Å². The van der Waals surface area contributed by atoms with Crippen molar-refractivity contribution in [1.82, 2.24) is 5.32 Å². The number of ether oxygens (including phenoxy) is 2. The number of hydrogen-bond donors (Lipinski definition) is 1. The van der Waals surface area contributed by atoms with Crippen LogP contribution in [-0.4, -0.2) is 31.5 Å². The predicted octanol–water partition coefficient (Wildman–Crippen LogP) is 3.95. The maximum atomic E-state index is 5.96. The van der Waals surface area contributed by atoms with Gasteiger partial charge in [0.25, 0.3) is 0 Å². The Morgan fingerprint density at radius 1 is 1.10 bits per heavy atom. The predicted molar refractivity (Wildman–Crippen MR) is 88.6 cm³/mol. The van der Waals surface area contributed by atoms with Crippen LogP contribution in [-0.2, 0) is 9.47 Å². The molecule has 2 atom stereocenters. The maximum absolute atomic E-state index is 5.96. The second-order valence-corrected chi connectivity index (χ2v) is 6.38. The quantitative estimate of drug-likeness (QED) is 0.699. The summed E-state index contributed by atoms with van der Waals surface area (Å²) < 4.78 is 11.7. The van der Waals surface area contributed by atoms with E-state index in [0.29, 0.717) is 13.2 Å². The molecule has 2 unspecified atom stereocenters. The minimum absolute atomic E-state index is 0.105. The van der Waals surface area contributed by atoms with Crippen molar-refractivity contribution in [3.63, 3.8) is 0 Å². The van der Waals surface area contributed by atoms with E-state index in [1.165, 1.54) is 5.56 Å². The van der Waals surface area contributed by atoms with Gasteiger partial charge in [0.2, 0.25) is 0 Å². The normalized spacial score (nSPS) is 14.9. The van der Waals surface area contributed by atoms with Crippen LogP contribution in [0.15, 0.2) is 30.3 Å². The van der Waals surface area contributed by atoms with Crippen LogP contribution in [0.3, 0.4) is 0 Å². The molecule has 0 aliphatic rings. The van der Waals surface area contributed by atoms with Gasteiger partial charge in [0.15, 0.2) is 0 Å². The summed E-state index contributed by atoms with van der Waals surface area (Å²) in [5, 5.41) is 3.58. The first-order valence-electron chi connectivity index (χ1n) is 7.98. The van der Waals surface area contributed by atoms with E-state index in [4.69, 9.17) is 9.47 Å². The number of nitrogens with one attached hydrogen (secondary N) is 1. The van der Waals surface area contributed by atoms with Crippen molar-refractivity contribution in [3.05, 3.63) is 35.9 Å². The van der Waals surface area contributed by atoms with Gasteiger partial charge in [0.05, 0.1) is 31.0 Å². The Morgan fingerprint density at radius 2 is 1.76 bits per heavy atom. The fourth-order valence-corrected chi connectivity index (χ4v) is 2.19. The Kier molecular flexibility index (Phi) is 7.94. The summed E-state index contributed by atoms with van der Waals surface area (Å²) in [7, 11) is 0. The van der Waals surface area contributed by atoms with Gasteiger partial charge >= 0.3 is 0 Å². The highest BCUT2D eigenvalue weighted by atomic mass is 16.5. The van der Waals surface area contributed by atoms with Crippen LogP contribution >= 0.6 is 0 Å². The third-order valence-corrected chi connectivity index (χ3v) is 3.24. The SMILES string of the molecule is CCCNC(c1ccccc1)C(C)OCCOC(C)(C)C. The summed E-state index contributed by atoms with van der Waals surface area (Å²) in [6.07, 6.45) is 1.23. The second-order valence-electron chi connectivity index (χ2n) is 6.38. The van der Waals surface area contributed by atoms with E-state index < -0.39 is 0 Å². The lowest BCUT2D eigenvalue weighted by atomic mass is 10.0. The van der Waals surface area contributed by atoms with Crippen molar-refractivity contribution in [3.8, 4) is 0 Å². The first-order valence-corrected chi connectivity index (χ1v) is 7.98. The number of rotatable bonds is 9. The summed E-state index contributed by atoms with van der Waals surface area (Å²) >= 11 is 0. The zero-order valence-electron chi connectivity index (χ0n) is 14.2. The lowest BCUT2D eigenvalue weighted by molar-refractivity contribution is -0.0546. The molecule has 3 heteroatoms. The Bertz CT molecular complexity index is 373. The van der Waals surface area contributed by atoms with Gasteiger partial charge in [-0.2, -0.15) is 0 Å². The Morgan fingerprint density at radius 3 is 2.33 bits per heavy atom. The van der Waals surface area contributed by atoms with E-state index in [9.17, 15) is 0 Å². The van der Waals surface area contributed by atoms with Crippen molar-refractivity contribution in [2.24, 2.45) is 0 Å². The Balaban J connectivity index is 2.50. The standard InChI is InChI=1S/C18H31NO2/c1-6-12-19-17(16-10-8-7-9-11-16)15(2)20-13-14-21-18(3,4)5/h7-11,15,17,19H,6,12-14H2,1-5H3. The largest absolute Gasteiger partial charge is 0.374 e. The lowest BCUT2D eigenvalue weighted by Gasteiger charge is -2.27. The molecule has 0 amide bonds.